The minimum absolute atomic E-state index is 0.626. The maximum Gasteiger partial charge on any atom is 0.138 e. The monoisotopic (exact) mass is 220 g/mol. The number of benzene rings is 1. The highest BCUT2D eigenvalue weighted by Gasteiger charge is 2.05. The van der Waals surface area contributed by atoms with E-state index in [1.165, 1.54) is 0 Å². The Hall–Kier alpha value is -2.67. The van der Waals surface area contributed by atoms with Gasteiger partial charge < -0.3 is 4.98 Å². The van der Waals surface area contributed by atoms with Gasteiger partial charge in [0.1, 0.15) is 11.3 Å². The minimum atomic E-state index is 0.626. The van der Waals surface area contributed by atoms with Crippen molar-refractivity contribution in [1.82, 2.24) is 15.0 Å². The molecular formula is C13H8N4. The van der Waals surface area contributed by atoms with Gasteiger partial charge in [-0.1, -0.05) is 12.1 Å². The van der Waals surface area contributed by atoms with Crippen molar-refractivity contribution in [2.24, 2.45) is 0 Å². The van der Waals surface area contributed by atoms with Gasteiger partial charge in [0.15, 0.2) is 0 Å². The first-order chi connectivity index (χ1) is 8.36. The van der Waals surface area contributed by atoms with Crippen molar-refractivity contribution < 1.29 is 0 Å². The van der Waals surface area contributed by atoms with E-state index in [0.717, 1.165) is 22.4 Å². The zero-order valence-corrected chi connectivity index (χ0v) is 8.88. The van der Waals surface area contributed by atoms with Crippen LogP contribution in [0.1, 0.15) is 5.56 Å². The smallest absolute Gasteiger partial charge is 0.138 e. The molecule has 0 radical (unpaired) electrons. The van der Waals surface area contributed by atoms with Crippen molar-refractivity contribution in [3.63, 3.8) is 0 Å². The van der Waals surface area contributed by atoms with E-state index in [9.17, 15) is 0 Å². The fourth-order valence-electron chi connectivity index (χ4n) is 1.73. The number of fused-ring (bicyclic) bond motifs is 1. The molecule has 0 aliphatic carbocycles. The predicted octanol–water partition coefficient (Wildman–Crippen LogP) is 2.50. The number of nitrogens with zero attached hydrogens (tertiary/aromatic N) is 3. The van der Waals surface area contributed by atoms with E-state index in [1.807, 2.05) is 24.3 Å². The van der Waals surface area contributed by atoms with E-state index >= 15 is 0 Å². The molecule has 2 aromatic heterocycles. The molecule has 0 atom stereocenters. The highest BCUT2D eigenvalue weighted by molar-refractivity contribution is 5.78. The van der Waals surface area contributed by atoms with E-state index in [-0.39, 0.29) is 0 Å². The Bertz CT molecular complexity index is 688. The number of H-pyrrole nitrogens is 1. The van der Waals surface area contributed by atoms with Crippen LogP contribution in [0.15, 0.2) is 42.7 Å². The Morgan fingerprint density at radius 1 is 1.24 bits per heavy atom. The second-order valence-electron chi connectivity index (χ2n) is 3.67. The first-order valence-corrected chi connectivity index (χ1v) is 5.17. The molecule has 1 N–H and O–H groups in total. The third kappa shape index (κ3) is 1.64. The van der Waals surface area contributed by atoms with E-state index in [2.05, 4.69) is 21.0 Å². The van der Waals surface area contributed by atoms with E-state index < -0.39 is 0 Å². The molecule has 0 bridgehead atoms. The van der Waals surface area contributed by atoms with Gasteiger partial charge in [0.2, 0.25) is 0 Å². The maximum absolute atomic E-state index is 8.86. The molecule has 3 rings (SSSR count). The normalized spacial score (nSPS) is 10.3. The van der Waals surface area contributed by atoms with Gasteiger partial charge in [0.05, 0.1) is 23.3 Å². The Labute approximate surface area is 97.6 Å². The van der Waals surface area contributed by atoms with Crippen LogP contribution in [0.25, 0.3) is 22.4 Å². The first kappa shape index (κ1) is 9.55. The van der Waals surface area contributed by atoms with Gasteiger partial charge in [-0.15, -0.1) is 0 Å². The molecule has 2 heterocycles. The fraction of sp³-hybridized carbons (Fsp3) is 0. The summed E-state index contributed by atoms with van der Waals surface area (Å²) in [6.07, 6.45) is 3.43. The number of nitriles is 1. The van der Waals surface area contributed by atoms with Crippen LogP contribution in [0.2, 0.25) is 0 Å². The lowest BCUT2D eigenvalue weighted by molar-refractivity contribution is 1.32. The minimum Gasteiger partial charge on any atom is -0.338 e. The number of imidazole rings is 1. The Morgan fingerprint density at radius 3 is 3.00 bits per heavy atom. The molecule has 17 heavy (non-hydrogen) atoms. The summed E-state index contributed by atoms with van der Waals surface area (Å²) in [7, 11) is 0. The molecule has 0 saturated heterocycles. The van der Waals surface area contributed by atoms with Crippen LogP contribution in [-0.4, -0.2) is 15.0 Å². The topological polar surface area (TPSA) is 65.4 Å². The van der Waals surface area contributed by atoms with Crippen molar-refractivity contribution in [2.45, 2.75) is 0 Å². The van der Waals surface area contributed by atoms with Crippen LogP contribution in [-0.2, 0) is 0 Å². The summed E-state index contributed by atoms with van der Waals surface area (Å²) in [6, 6.07) is 11.3. The second kappa shape index (κ2) is 3.72. The van der Waals surface area contributed by atoms with E-state index in [4.69, 9.17) is 5.26 Å². The van der Waals surface area contributed by atoms with Gasteiger partial charge >= 0.3 is 0 Å². The van der Waals surface area contributed by atoms with Crippen LogP contribution in [0.5, 0.6) is 0 Å². The molecule has 0 aliphatic rings. The van der Waals surface area contributed by atoms with Gasteiger partial charge in [-0.2, -0.15) is 5.26 Å². The molecule has 0 aliphatic heterocycles. The lowest BCUT2D eigenvalue weighted by atomic mass is 10.1. The molecule has 80 valence electrons. The van der Waals surface area contributed by atoms with Crippen molar-refractivity contribution in [1.29, 1.82) is 5.26 Å². The molecule has 0 amide bonds. The highest BCUT2D eigenvalue weighted by Crippen LogP contribution is 2.20. The summed E-state index contributed by atoms with van der Waals surface area (Å²) < 4.78 is 0. The number of hydrogen-bond acceptors (Lipinski definition) is 3. The third-order valence-electron chi connectivity index (χ3n) is 2.55. The van der Waals surface area contributed by atoms with Crippen LogP contribution in [0, 0.1) is 11.3 Å². The molecule has 3 aromatic rings. The van der Waals surface area contributed by atoms with Gasteiger partial charge in [-0.05, 0) is 18.2 Å². The summed E-state index contributed by atoms with van der Waals surface area (Å²) in [4.78, 5) is 11.7. The maximum atomic E-state index is 8.86. The van der Waals surface area contributed by atoms with E-state index in [1.54, 1.807) is 18.5 Å². The summed E-state index contributed by atoms with van der Waals surface area (Å²) in [5, 5.41) is 8.86. The lowest BCUT2D eigenvalue weighted by Crippen LogP contribution is -1.81. The third-order valence-corrected chi connectivity index (χ3v) is 2.55. The van der Waals surface area contributed by atoms with Crippen molar-refractivity contribution in [3.05, 3.63) is 48.3 Å². The number of rotatable bonds is 1. The molecule has 0 fully saturated rings. The van der Waals surface area contributed by atoms with Gasteiger partial charge in [0.25, 0.3) is 0 Å². The predicted molar refractivity (Wildman–Crippen MR) is 64.0 cm³/mol. The zero-order chi connectivity index (χ0) is 11.7. The summed E-state index contributed by atoms with van der Waals surface area (Å²) in [5.74, 6) is 0.755. The summed E-state index contributed by atoms with van der Waals surface area (Å²) in [5.41, 5.74) is 3.29. The number of aromatic nitrogens is 3. The van der Waals surface area contributed by atoms with Crippen molar-refractivity contribution >= 4 is 11.0 Å². The molecule has 0 spiro atoms. The Balaban J connectivity index is 2.17. The Kier molecular flexibility index (Phi) is 2.09. The zero-order valence-electron chi connectivity index (χ0n) is 8.88. The average Bonchev–Trinajstić information content (AvgIpc) is 2.82. The van der Waals surface area contributed by atoms with Gasteiger partial charge in [-0.3, -0.25) is 4.98 Å². The second-order valence-corrected chi connectivity index (χ2v) is 3.67. The van der Waals surface area contributed by atoms with Crippen LogP contribution < -0.4 is 0 Å². The average molecular weight is 220 g/mol. The van der Waals surface area contributed by atoms with Crippen LogP contribution in [0.4, 0.5) is 0 Å². The van der Waals surface area contributed by atoms with Crippen LogP contribution in [0.3, 0.4) is 0 Å². The number of hydrogen-bond donors (Lipinski definition) is 1. The van der Waals surface area contributed by atoms with Crippen molar-refractivity contribution in [3.8, 4) is 17.5 Å². The Morgan fingerprint density at radius 2 is 2.18 bits per heavy atom. The van der Waals surface area contributed by atoms with Gasteiger partial charge in [-0.25, -0.2) is 4.98 Å². The highest BCUT2D eigenvalue weighted by atomic mass is 14.9. The standard InChI is InChI=1S/C13H8N4/c14-7-9-2-1-3-10(6-9)13-16-11-4-5-15-8-12(11)17-13/h1-6,8H,(H,16,17). The molecule has 4 nitrogen and oxygen atoms in total. The molecule has 1 aromatic carbocycles. The first-order valence-electron chi connectivity index (χ1n) is 5.17. The van der Waals surface area contributed by atoms with Crippen LogP contribution >= 0.6 is 0 Å². The molecule has 0 saturated carbocycles. The van der Waals surface area contributed by atoms with E-state index in [0.29, 0.717) is 5.56 Å². The molecule has 0 unspecified atom stereocenters. The summed E-state index contributed by atoms with van der Waals surface area (Å²) >= 11 is 0. The molecular weight excluding hydrogens is 212 g/mol. The number of nitrogens with one attached hydrogen (secondary N) is 1. The van der Waals surface area contributed by atoms with Gasteiger partial charge in [0, 0.05) is 11.8 Å². The quantitative estimate of drug-likeness (QED) is 0.685. The summed E-state index contributed by atoms with van der Waals surface area (Å²) in [6.45, 7) is 0. The molecule has 4 heteroatoms. The SMILES string of the molecule is N#Cc1cccc(-c2nc3cnccc3[nH]2)c1. The largest absolute Gasteiger partial charge is 0.338 e. The number of aromatic amines is 1. The number of pyridine rings is 1. The lowest BCUT2D eigenvalue weighted by Gasteiger charge is -1.95. The van der Waals surface area contributed by atoms with Crippen molar-refractivity contribution in [2.75, 3.05) is 0 Å². The fourth-order valence-corrected chi connectivity index (χ4v) is 1.73.